The molecule has 0 saturated carbocycles. The fraction of sp³-hybridized carbons (Fsp3) is 0.500. The van der Waals surface area contributed by atoms with E-state index in [9.17, 15) is 4.79 Å². The molecule has 0 aliphatic carbocycles. The lowest BCUT2D eigenvalue weighted by molar-refractivity contribution is 0.0947. The summed E-state index contributed by atoms with van der Waals surface area (Å²) in [6.07, 6.45) is 4.66. The van der Waals surface area contributed by atoms with Gasteiger partial charge in [0.05, 0.1) is 0 Å². The molecule has 0 saturated heterocycles. The van der Waals surface area contributed by atoms with E-state index in [1.165, 1.54) is 11.3 Å². The number of rotatable bonds is 6. The van der Waals surface area contributed by atoms with E-state index in [-0.39, 0.29) is 5.91 Å². The first-order valence-electron chi connectivity index (χ1n) is 7.83. The highest BCUT2D eigenvalue weighted by Crippen LogP contribution is 2.39. The van der Waals surface area contributed by atoms with Gasteiger partial charge in [-0.15, -0.1) is 11.3 Å². The van der Waals surface area contributed by atoms with Crippen molar-refractivity contribution in [2.24, 2.45) is 0 Å². The molecule has 3 heterocycles. The smallest absolute Gasteiger partial charge is 0.265 e. The average Bonchev–Trinajstić information content (AvgIpc) is 3.18. The normalized spacial score (nSPS) is 13.3. The number of fused-ring (bicyclic) bond motifs is 1. The summed E-state index contributed by atoms with van der Waals surface area (Å²) in [6.45, 7) is 6.74. The molecule has 0 spiro atoms. The second-order valence-electron chi connectivity index (χ2n) is 5.70. The number of hydrogen-bond acceptors (Lipinski definition) is 5. The molecule has 1 aliphatic heterocycles. The van der Waals surface area contributed by atoms with Crippen molar-refractivity contribution >= 4 is 17.2 Å². The molecule has 0 radical (unpaired) electrons. The Hall–Kier alpha value is -2.02. The predicted octanol–water partition coefficient (Wildman–Crippen LogP) is 2.66. The number of ether oxygens (including phenoxy) is 2. The van der Waals surface area contributed by atoms with Crippen molar-refractivity contribution in [3.05, 3.63) is 28.5 Å². The van der Waals surface area contributed by atoms with Crippen LogP contribution in [0.3, 0.4) is 0 Å². The number of carbonyl (C=O) groups excluding carboxylic acids is 1. The molecule has 7 heteroatoms. The SMILES string of the molecule is CC(C)c1nccn1CCCNC(=O)c1scc2c1OCCO2. The van der Waals surface area contributed by atoms with Crippen LogP contribution in [0.15, 0.2) is 17.8 Å². The van der Waals surface area contributed by atoms with Crippen molar-refractivity contribution in [1.29, 1.82) is 0 Å². The summed E-state index contributed by atoms with van der Waals surface area (Å²) in [5.41, 5.74) is 0. The van der Waals surface area contributed by atoms with E-state index in [0.717, 1.165) is 18.8 Å². The minimum absolute atomic E-state index is 0.100. The van der Waals surface area contributed by atoms with Gasteiger partial charge in [-0.05, 0) is 6.42 Å². The zero-order chi connectivity index (χ0) is 16.2. The molecule has 0 unspecified atom stereocenters. The highest BCUT2D eigenvalue weighted by atomic mass is 32.1. The summed E-state index contributed by atoms with van der Waals surface area (Å²) in [6, 6.07) is 0. The van der Waals surface area contributed by atoms with Gasteiger partial charge in [-0.1, -0.05) is 13.8 Å². The number of aromatic nitrogens is 2. The van der Waals surface area contributed by atoms with Crippen molar-refractivity contribution in [2.45, 2.75) is 32.7 Å². The van der Waals surface area contributed by atoms with Crippen LogP contribution in [-0.2, 0) is 6.54 Å². The Morgan fingerprint density at radius 2 is 2.26 bits per heavy atom. The Morgan fingerprint density at radius 3 is 3.09 bits per heavy atom. The number of amides is 1. The number of carbonyl (C=O) groups is 1. The molecule has 1 aliphatic rings. The van der Waals surface area contributed by atoms with Gasteiger partial charge in [0.2, 0.25) is 0 Å². The molecular formula is C16H21N3O3S. The number of aryl methyl sites for hydroxylation is 1. The van der Waals surface area contributed by atoms with Crippen molar-refractivity contribution in [1.82, 2.24) is 14.9 Å². The Morgan fingerprint density at radius 1 is 1.43 bits per heavy atom. The second-order valence-corrected chi connectivity index (χ2v) is 6.58. The molecule has 0 bridgehead atoms. The van der Waals surface area contributed by atoms with Crippen LogP contribution in [0.25, 0.3) is 0 Å². The van der Waals surface area contributed by atoms with Crippen molar-refractivity contribution in [3.63, 3.8) is 0 Å². The highest BCUT2D eigenvalue weighted by molar-refractivity contribution is 7.12. The Kier molecular flexibility index (Phi) is 4.85. The first-order valence-corrected chi connectivity index (χ1v) is 8.71. The number of thiophene rings is 1. The number of hydrogen-bond donors (Lipinski definition) is 1. The molecule has 0 fully saturated rings. The Bertz CT molecular complexity index is 678. The molecule has 1 N–H and O–H groups in total. The van der Waals surface area contributed by atoms with Gasteiger partial charge in [-0.3, -0.25) is 4.79 Å². The summed E-state index contributed by atoms with van der Waals surface area (Å²) < 4.78 is 13.1. The lowest BCUT2D eigenvalue weighted by atomic mass is 10.2. The quantitative estimate of drug-likeness (QED) is 0.824. The van der Waals surface area contributed by atoms with Gasteiger partial charge in [-0.2, -0.15) is 0 Å². The van der Waals surface area contributed by atoms with Gasteiger partial charge >= 0.3 is 0 Å². The van der Waals surface area contributed by atoms with E-state index in [1.807, 2.05) is 17.8 Å². The summed E-state index contributed by atoms with van der Waals surface area (Å²) in [5.74, 6) is 2.63. The Balaban J connectivity index is 1.50. The van der Waals surface area contributed by atoms with Crippen LogP contribution in [-0.4, -0.2) is 35.2 Å². The molecular weight excluding hydrogens is 314 g/mol. The van der Waals surface area contributed by atoms with Crippen LogP contribution < -0.4 is 14.8 Å². The van der Waals surface area contributed by atoms with E-state index in [4.69, 9.17) is 9.47 Å². The van der Waals surface area contributed by atoms with E-state index in [1.54, 1.807) is 0 Å². The lowest BCUT2D eigenvalue weighted by Gasteiger charge is -2.16. The molecule has 3 rings (SSSR count). The lowest BCUT2D eigenvalue weighted by Crippen LogP contribution is -2.26. The summed E-state index contributed by atoms with van der Waals surface area (Å²) in [4.78, 5) is 17.2. The third kappa shape index (κ3) is 3.50. The molecule has 2 aromatic rings. The van der Waals surface area contributed by atoms with E-state index >= 15 is 0 Å². The van der Waals surface area contributed by atoms with Crippen LogP contribution in [0, 0.1) is 0 Å². The third-order valence-corrected chi connectivity index (χ3v) is 4.57. The summed E-state index contributed by atoms with van der Waals surface area (Å²) >= 11 is 1.36. The van der Waals surface area contributed by atoms with Crippen LogP contribution >= 0.6 is 11.3 Å². The second kappa shape index (κ2) is 7.04. The van der Waals surface area contributed by atoms with Crippen LogP contribution in [0.5, 0.6) is 11.5 Å². The van der Waals surface area contributed by atoms with Crippen molar-refractivity contribution in [2.75, 3.05) is 19.8 Å². The fourth-order valence-electron chi connectivity index (χ4n) is 2.56. The number of imidazole rings is 1. The van der Waals surface area contributed by atoms with E-state index in [0.29, 0.717) is 42.1 Å². The zero-order valence-electron chi connectivity index (χ0n) is 13.4. The number of nitrogens with zero attached hydrogens (tertiary/aromatic N) is 2. The molecule has 0 atom stereocenters. The van der Waals surface area contributed by atoms with Crippen LogP contribution in [0.4, 0.5) is 0 Å². The topological polar surface area (TPSA) is 65.4 Å². The zero-order valence-corrected chi connectivity index (χ0v) is 14.2. The van der Waals surface area contributed by atoms with Gasteiger partial charge in [0.1, 0.15) is 23.9 Å². The van der Waals surface area contributed by atoms with Crippen molar-refractivity contribution in [3.8, 4) is 11.5 Å². The highest BCUT2D eigenvalue weighted by Gasteiger charge is 2.23. The molecule has 0 aromatic carbocycles. The largest absolute Gasteiger partial charge is 0.485 e. The molecule has 23 heavy (non-hydrogen) atoms. The third-order valence-electron chi connectivity index (χ3n) is 3.63. The average molecular weight is 335 g/mol. The molecule has 1 amide bonds. The maximum Gasteiger partial charge on any atom is 0.265 e. The molecule has 124 valence electrons. The van der Waals surface area contributed by atoms with Crippen LogP contribution in [0.1, 0.15) is 41.7 Å². The predicted molar refractivity (Wildman–Crippen MR) is 88.6 cm³/mol. The van der Waals surface area contributed by atoms with Gasteiger partial charge in [0.25, 0.3) is 5.91 Å². The maximum atomic E-state index is 12.3. The standard InChI is InChI=1S/C16H21N3O3S/c1-11(2)15-17-5-7-19(15)6-3-4-18-16(20)14-13-12(10-23-14)21-8-9-22-13/h5,7,10-11H,3-4,6,8-9H2,1-2H3,(H,18,20). The van der Waals surface area contributed by atoms with Crippen LogP contribution in [0.2, 0.25) is 0 Å². The minimum atomic E-state index is -0.100. The molecule has 6 nitrogen and oxygen atoms in total. The fourth-order valence-corrected chi connectivity index (χ4v) is 3.41. The first kappa shape index (κ1) is 15.9. The number of nitrogens with one attached hydrogen (secondary N) is 1. The van der Waals surface area contributed by atoms with Gasteiger partial charge < -0.3 is 19.4 Å². The molecule has 2 aromatic heterocycles. The van der Waals surface area contributed by atoms with E-state index in [2.05, 4.69) is 28.7 Å². The first-order chi connectivity index (χ1) is 11.2. The van der Waals surface area contributed by atoms with Gasteiger partial charge in [0.15, 0.2) is 11.5 Å². The van der Waals surface area contributed by atoms with Gasteiger partial charge in [-0.25, -0.2) is 4.98 Å². The maximum absolute atomic E-state index is 12.3. The Labute approximate surface area is 139 Å². The van der Waals surface area contributed by atoms with Gasteiger partial charge in [0, 0.05) is 36.8 Å². The summed E-state index contributed by atoms with van der Waals surface area (Å²) in [5, 5.41) is 4.77. The summed E-state index contributed by atoms with van der Waals surface area (Å²) in [7, 11) is 0. The van der Waals surface area contributed by atoms with Crippen molar-refractivity contribution < 1.29 is 14.3 Å². The minimum Gasteiger partial charge on any atom is -0.485 e. The van der Waals surface area contributed by atoms with E-state index < -0.39 is 0 Å². The monoisotopic (exact) mass is 335 g/mol.